The number of hydrogen-bond donors (Lipinski definition) is 3. The molecule has 0 unspecified atom stereocenters. The van der Waals surface area contributed by atoms with Crippen LogP contribution in [0.25, 0.3) is 0 Å². The summed E-state index contributed by atoms with van der Waals surface area (Å²) >= 11 is 0. The lowest BCUT2D eigenvalue weighted by Crippen LogP contribution is -2.17. The van der Waals surface area contributed by atoms with Gasteiger partial charge in [-0.15, -0.1) is 0 Å². The van der Waals surface area contributed by atoms with Gasteiger partial charge >= 0.3 is 0 Å². The molecular formula is C21H19FN4O3. The normalized spacial score (nSPS) is 10.4. The van der Waals surface area contributed by atoms with Crippen molar-refractivity contribution >= 4 is 29.0 Å². The zero-order valence-electron chi connectivity index (χ0n) is 15.9. The second-order valence-corrected chi connectivity index (χ2v) is 6.35. The van der Waals surface area contributed by atoms with Gasteiger partial charge in [-0.05, 0) is 55.0 Å². The molecule has 29 heavy (non-hydrogen) atoms. The molecule has 3 N–H and O–H groups in total. The number of halogens is 1. The van der Waals surface area contributed by atoms with E-state index >= 15 is 0 Å². The summed E-state index contributed by atoms with van der Waals surface area (Å²) in [5.41, 5.74) is 2.30. The molecule has 0 saturated carbocycles. The van der Waals surface area contributed by atoms with E-state index < -0.39 is 11.7 Å². The number of hydrogen-bond acceptors (Lipinski definition) is 4. The van der Waals surface area contributed by atoms with Gasteiger partial charge in [0, 0.05) is 23.4 Å². The second kappa shape index (κ2) is 8.47. The maximum atomic E-state index is 13.0. The molecule has 0 aliphatic carbocycles. The number of rotatable bonds is 6. The van der Waals surface area contributed by atoms with Crippen LogP contribution in [0, 0.1) is 12.7 Å². The Labute approximate surface area is 166 Å². The molecule has 2 aromatic carbocycles. The Morgan fingerprint density at radius 1 is 1.03 bits per heavy atom. The molecule has 0 aliphatic heterocycles. The number of H-pyrrole nitrogens is 1. The molecule has 0 aliphatic rings. The number of carbonyl (C=O) groups is 3. The number of ketones is 1. The molecule has 2 amide bonds. The van der Waals surface area contributed by atoms with Crippen LogP contribution >= 0.6 is 0 Å². The molecule has 7 nitrogen and oxygen atoms in total. The highest BCUT2D eigenvalue weighted by atomic mass is 19.1. The molecule has 1 aromatic heterocycles. The SMILES string of the molecule is CCC(=O)c1nc[nH]c1C(=O)Nc1ccc(NC(=O)c2ccc(F)cc2)c(C)c1. The summed E-state index contributed by atoms with van der Waals surface area (Å²) in [7, 11) is 0. The monoisotopic (exact) mass is 394 g/mol. The first-order valence-corrected chi connectivity index (χ1v) is 8.94. The van der Waals surface area contributed by atoms with Gasteiger partial charge in [0.05, 0.1) is 6.33 Å². The van der Waals surface area contributed by atoms with Crippen LogP contribution in [0.4, 0.5) is 15.8 Å². The highest BCUT2D eigenvalue weighted by molar-refractivity contribution is 6.10. The fraction of sp³-hybridized carbons (Fsp3) is 0.143. The van der Waals surface area contributed by atoms with E-state index in [0.29, 0.717) is 22.5 Å². The number of nitrogens with zero attached hydrogens (tertiary/aromatic N) is 1. The van der Waals surface area contributed by atoms with Gasteiger partial charge in [-0.2, -0.15) is 0 Å². The maximum Gasteiger partial charge on any atom is 0.274 e. The van der Waals surface area contributed by atoms with Gasteiger partial charge in [-0.3, -0.25) is 14.4 Å². The predicted octanol–water partition coefficient (Wildman–Crippen LogP) is 3.95. The topological polar surface area (TPSA) is 104 Å². The molecule has 3 rings (SSSR count). The van der Waals surface area contributed by atoms with Crippen molar-refractivity contribution in [2.45, 2.75) is 20.3 Å². The lowest BCUT2D eigenvalue weighted by atomic mass is 10.1. The summed E-state index contributed by atoms with van der Waals surface area (Å²) in [5, 5.41) is 5.46. The largest absolute Gasteiger partial charge is 0.340 e. The minimum Gasteiger partial charge on any atom is -0.340 e. The van der Waals surface area contributed by atoms with Gasteiger partial charge in [0.25, 0.3) is 11.8 Å². The Morgan fingerprint density at radius 3 is 2.41 bits per heavy atom. The van der Waals surface area contributed by atoms with Gasteiger partial charge in [0.1, 0.15) is 17.2 Å². The van der Waals surface area contributed by atoms with Gasteiger partial charge in [-0.1, -0.05) is 6.92 Å². The van der Waals surface area contributed by atoms with E-state index in [1.54, 1.807) is 32.0 Å². The molecule has 148 valence electrons. The number of imidazole rings is 1. The third-order valence-electron chi connectivity index (χ3n) is 4.29. The molecule has 0 fully saturated rings. The molecular weight excluding hydrogens is 375 g/mol. The number of Topliss-reactive ketones (excluding diaryl/α,β-unsaturated/α-hetero) is 1. The molecule has 3 aromatic rings. The summed E-state index contributed by atoms with van der Waals surface area (Å²) in [6.45, 7) is 3.47. The van der Waals surface area contributed by atoms with Crippen molar-refractivity contribution in [2.24, 2.45) is 0 Å². The van der Waals surface area contributed by atoms with Crippen molar-refractivity contribution in [1.82, 2.24) is 9.97 Å². The van der Waals surface area contributed by atoms with Crippen molar-refractivity contribution in [1.29, 1.82) is 0 Å². The third-order valence-corrected chi connectivity index (χ3v) is 4.29. The number of carbonyl (C=O) groups excluding carboxylic acids is 3. The lowest BCUT2D eigenvalue weighted by molar-refractivity contribution is 0.0963. The standard InChI is InChI=1S/C21H19FN4O3/c1-3-17(27)18-19(24-11-23-18)21(29)25-15-8-9-16(12(2)10-15)26-20(28)13-4-6-14(22)7-5-13/h4-11H,3H2,1-2H3,(H,23,24)(H,25,29)(H,26,28). The second-order valence-electron chi connectivity index (χ2n) is 6.35. The van der Waals surface area contributed by atoms with Gasteiger partial charge in [-0.25, -0.2) is 9.37 Å². The van der Waals surface area contributed by atoms with E-state index in [9.17, 15) is 18.8 Å². The fourth-order valence-corrected chi connectivity index (χ4v) is 2.72. The van der Waals surface area contributed by atoms with E-state index in [-0.39, 0.29) is 29.5 Å². The Morgan fingerprint density at radius 2 is 1.76 bits per heavy atom. The smallest absolute Gasteiger partial charge is 0.274 e. The highest BCUT2D eigenvalue weighted by Crippen LogP contribution is 2.21. The summed E-state index contributed by atoms with van der Waals surface area (Å²) in [6.07, 6.45) is 1.55. The lowest BCUT2D eigenvalue weighted by Gasteiger charge is -2.11. The predicted molar refractivity (Wildman–Crippen MR) is 107 cm³/mol. The van der Waals surface area contributed by atoms with Crippen LogP contribution in [0.1, 0.15) is 50.2 Å². The first-order chi connectivity index (χ1) is 13.9. The molecule has 0 radical (unpaired) electrons. The molecule has 1 heterocycles. The number of aromatic amines is 1. The Bertz CT molecular complexity index is 1070. The molecule has 0 saturated heterocycles. The molecule has 0 bridgehead atoms. The van der Waals surface area contributed by atoms with Crippen LogP contribution in [0.15, 0.2) is 48.8 Å². The fourth-order valence-electron chi connectivity index (χ4n) is 2.72. The van der Waals surface area contributed by atoms with E-state index in [0.717, 1.165) is 0 Å². The summed E-state index contributed by atoms with van der Waals surface area (Å²) in [4.78, 5) is 43.2. The maximum absolute atomic E-state index is 13.0. The average Bonchev–Trinajstić information content (AvgIpc) is 3.20. The number of nitrogens with one attached hydrogen (secondary N) is 3. The minimum absolute atomic E-state index is 0.100. The van der Waals surface area contributed by atoms with E-state index in [1.807, 2.05) is 0 Å². The van der Waals surface area contributed by atoms with Crippen LogP contribution < -0.4 is 10.6 Å². The zero-order valence-corrected chi connectivity index (χ0v) is 15.9. The first-order valence-electron chi connectivity index (χ1n) is 8.94. The van der Waals surface area contributed by atoms with Crippen molar-refractivity contribution < 1.29 is 18.8 Å². The number of amides is 2. The van der Waals surface area contributed by atoms with Crippen LogP contribution in [-0.2, 0) is 0 Å². The summed E-state index contributed by atoms with van der Waals surface area (Å²) in [5.74, 6) is -1.50. The van der Waals surface area contributed by atoms with Gasteiger partial charge < -0.3 is 15.6 Å². The van der Waals surface area contributed by atoms with Crippen molar-refractivity contribution in [2.75, 3.05) is 10.6 Å². The Balaban J connectivity index is 1.72. The first kappa shape index (κ1) is 19.9. The highest BCUT2D eigenvalue weighted by Gasteiger charge is 2.19. The van der Waals surface area contributed by atoms with Crippen molar-refractivity contribution in [3.8, 4) is 0 Å². The Hall–Kier alpha value is -3.81. The zero-order chi connectivity index (χ0) is 21.0. The van der Waals surface area contributed by atoms with E-state index in [2.05, 4.69) is 20.6 Å². The van der Waals surface area contributed by atoms with Gasteiger partial charge in [0.15, 0.2) is 5.78 Å². The summed E-state index contributed by atoms with van der Waals surface area (Å²) in [6, 6.07) is 10.2. The summed E-state index contributed by atoms with van der Waals surface area (Å²) < 4.78 is 13.0. The molecule has 0 atom stereocenters. The van der Waals surface area contributed by atoms with Crippen LogP contribution in [0.3, 0.4) is 0 Å². The van der Waals surface area contributed by atoms with E-state index in [1.165, 1.54) is 30.6 Å². The van der Waals surface area contributed by atoms with Gasteiger partial charge in [0.2, 0.25) is 0 Å². The minimum atomic E-state index is -0.484. The third kappa shape index (κ3) is 4.55. The van der Waals surface area contributed by atoms with Crippen LogP contribution in [0.2, 0.25) is 0 Å². The van der Waals surface area contributed by atoms with Crippen molar-refractivity contribution in [3.63, 3.8) is 0 Å². The number of benzene rings is 2. The quantitative estimate of drug-likeness (QED) is 0.551. The van der Waals surface area contributed by atoms with E-state index in [4.69, 9.17) is 0 Å². The number of aromatic nitrogens is 2. The number of anilines is 2. The van der Waals surface area contributed by atoms with Crippen molar-refractivity contribution in [3.05, 3.63) is 77.1 Å². The average molecular weight is 394 g/mol. The Kier molecular flexibility index (Phi) is 5.82. The molecule has 0 spiro atoms. The van der Waals surface area contributed by atoms with Crippen LogP contribution in [-0.4, -0.2) is 27.6 Å². The van der Waals surface area contributed by atoms with Crippen LogP contribution in [0.5, 0.6) is 0 Å². The molecule has 8 heteroatoms. The number of aryl methyl sites for hydroxylation is 1.